The molecule has 0 aromatic carbocycles. The molecular formula is C13H17ClS. The number of rotatable bonds is 2. The fraction of sp³-hybridized carbons (Fsp3) is 0.692. The molecule has 3 atom stereocenters. The summed E-state index contributed by atoms with van der Waals surface area (Å²) in [6.45, 7) is 4.38. The van der Waals surface area contributed by atoms with Gasteiger partial charge in [0, 0.05) is 9.75 Å². The van der Waals surface area contributed by atoms with Crippen molar-refractivity contribution in [2.75, 3.05) is 0 Å². The lowest BCUT2D eigenvalue weighted by molar-refractivity contribution is 0.471. The summed E-state index contributed by atoms with van der Waals surface area (Å²) in [6.07, 6.45) is 4.25. The minimum absolute atomic E-state index is 0.280. The summed E-state index contributed by atoms with van der Waals surface area (Å²) in [5.41, 5.74) is 1.41. The number of fused-ring (bicyclic) bond motifs is 1. The molecule has 2 saturated carbocycles. The molecule has 0 nitrogen and oxygen atoms in total. The molecule has 3 unspecified atom stereocenters. The van der Waals surface area contributed by atoms with E-state index >= 15 is 0 Å². The van der Waals surface area contributed by atoms with Gasteiger partial charge in [-0.2, -0.15) is 0 Å². The normalized spacial score (nSPS) is 35.3. The Hall–Kier alpha value is -0.0100. The van der Waals surface area contributed by atoms with Crippen molar-refractivity contribution in [1.29, 1.82) is 0 Å². The maximum Gasteiger partial charge on any atom is 0.0624 e. The molecule has 2 fully saturated rings. The summed E-state index contributed by atoms with van der Waals surface area (Å²) < 4.78 is 0. The van der Waals surface area contributed by atoms with Gasteiger partial charge < -0.3 is 0 Å². The van der Waals surface area contributed by atoms with Crippen LogP contribution in [-0.2, 0) is 0 Å². The number of thiophene rings is 1. The predicted molar refractivity (Wildman–Crippen MR) is 66.7 cm³/mol. The Morgan fingerprint density at radius 2 is 1.93 bits per heavy atom. The highest BCUT2D eigenvalue weighted by Gasteiger charge is 2.47. The van der Waals surface area contributed by atoms with Crippen LogP contribution in [0.15, 0.2) is 6.07 Å². The van der Waals surface area contributed by atoms with Crippen molar-refractivity contribution >= 4 is 22.9 Å². The molecule has 2 heteroatoms. The number of halogens is 1. The van der Waals surface area contributed by atoms with Gasteiger partial charge in [-0.15, -0.1) is 22.9 Å². The molecule has 0 radical (unpaired) electrons. The Bertz CT molecular complexity index is 372. The minimum atomic E-state index is 0.280. The molecule has 1 aromatic heterocycles. The largest absolute Gasteiger partial charge is 0.146 e. The van der Waals surface area contributed by atoms with Gasteiger partial charge in [0.05, 0.1) is 5.38 Å². The highest BCUT2D eigenvalue weighted by atomic mass is 35.5. The van der Waals surface area contributed by atoms with Crippen LogP contribution < -0.4 is 0 Å². The van der Waals surface area contributed by atoms with E-state index in [1.54, 1.807) is 0 Å². The van der Waals surface area contributed by atoms with Gasteiger partial charge in [-0.1, -0.05) is 0 Å². The fourth-order valence-electron chi connectivity index (χ4n) is 3.18. The molecule has 3 rings (SSSR count). The molecule has 0 N–H and O–H groups in total. The van der Waals surface area contributed by atoms with Gasteiger partial charge in [-0.25, -0.2) is 0 Å². The minimum Gasteiger partial charge on any atom is -0.146 e. The van der Waals surface area contributed by atoms with Crippen molar-refractivity contribution in [1.82, 2.24) is 0 Å². The first-order valence-corrected chi connectivity index (χ1v) is 7.11. The molecule has 1 heterocycles. The SMILES string of the molecule is Cc1cc(C(Cl)C2CC3CC3C2)c(C)s1. The van der Waals surface area contributed by atoms with Crippen LogP contribution in [0.5, 0.6) is 0 Å². The quantitative estimate of drug-likeness (QED) is 0.658. The van der Waals surface area contributed by atoms with Crippen molar-refractivity contribution in [3.05, 3.63) is 21.4 Å². The van der Waals surface area contributed by atoms with E-state index in [-0.39, 0.29) is 5.38 Å². The number of aryl methyl sites for hydroxylation is 2. The Balaban J connectivity index is 1.78. The zero-order chi connectivity index (χ0) is 10.6. The summed E-state index contributed by atoms with van der Waals surface area (Å²) in [5.74, 6) is 2.83. The van der Waals surface area contributed by atoms with Crippen LogP contribution in [0.4, 0.5) is 0 Å². The number of hydrogen-bond donors (Lipinski definition) is 0. The molecule has 2 aliphatic carbocycles. The first-order chi connectivity index (χ1) is 7.15. The number of alkyl halides is 1. The first kappa shape index (κ1) is 10.2. The van der Waals surface area contributed by atoms with E-state index < -0.39 is 0 Å². The predicted octanol–water partition coefficient (Wildman–Crippen LogP) is 4.69. The fourth-order valence-corrected chi connectivity index (χ4v) is 4.65. The summed E-state index contributed by atoms with van der Waals surface area (Å²) in [7, 11) is 0. The second-order valence-electron chi connectivity index (χ2n) is 5.26. The van der Waals surface area contributed by atoms with Crippen molar-refractivity contribution in [3.8, 4) is 0 Å². The Morgan fingerprint density at radius 3 is 2.47 bits per heavy atom. The summed E-state index contributed by atoms with van der Waals surface area (Å²) in [6, 6.07) is 2.29. The van der Waals surface area contributed by atoms with Crippen molar-refractivity contribution < 1.29 is 0 Å². The third kappa shape index (κ3) is 1.74. The van der Waals surface area contributed by atoms with Crippen molar-refractivity contribution in [2.24, 2.45) is 17.8 Å². The maximum absolute atomic E-state index is 6.62. The van der Waals surface area contributed by atoms with Gasteiger partial charge in [0.2, 0.25) is 0 Å². The third-order valence-corrected chi connectivity index (χ3v) is 5.64. The van der Waals surface area contributed by atoms with E-state index in [1.807, 2.05) is 11.3 Å². The smallest absolute Gasteiger partial charge is 0.0624 e. The van der Waals surface area contributed by atoms with Crippen LogP contribution in [-0.4, -0.2) is 0 Å². The van der Waals surface area contributed by atoms with E-state index in [2.05, 4.69) is 19.9 Å². The van der Waals surface area contributed by atoms with E-state index in [1.165, 1.54) is 34.6 Å². The van der Waals surface area contributed by atoms with E-state index in [4.69, 9.17) is 11.6 Å². The Morgan fingerprint density at radius 1 is 1.27 bits per heavy atom. The van der Waals surface area contributed by atoms with Gasteiger partial charge in [-0.3, -0.25) is 0 Å². The Kier molecular flexibility index (Phi) is 2.37. The highest BCUT2D eigenvalue weighted by Crippen LogP contribution is 2.58. The molecule has 82 valence electrons. The van der Waals surface area contributed by atoms with Crippen LogP contribution in [0.1, 0.15) is 40.0 Å². The van der Waals surface area contributed by atoms with E-state index in [9.17, 15) is 0 Å². The zero-order valence-electron chi connectivity index (χ0n) is 9.29. The molecule has 1 aromatic rings. The summed E-state index contributed by atoms with van der Waals surface area (Å²) in [5, 5.41) is 0.280. The van der Waals surface area contributed by atoms with Crippen molar-refractivity contribution in [3.63, 3.8) is 0 Å². The molecule has 0 spiro atoms. The summed E-state index contributed by atoms with van der Waals surface area (Å²) in [4.78, 5) is 2.82. The standard InChI is InChI=1S/C13H17ClS/c1-7-3-12(8(2)15-7)13(14)11-5-9-4-10(9)6-11/h3,9-11,13H,4-6H2,1-2H3. The highest BCUT2D eigenvalue weighted by molar-refractivity contribution is 7.12. The van der Waals surface area contributed by atoms with Crippen LogP contribution in [0, 0.1) is 31.6 Å². The van der Waals surface area contributed by atoms with Crippen molar-refractivity contribution in [2.45, 2.75) is 38.5 Å². The van der Waals surface area contributed by atoms with Crippen LogP contribution in [0.3, 0.4) is 0 Å². The van der Waals surface area contributed by atoms with Gasteiger partial charge in [0.25, 0.3) is 0 Å². The molecule has 0 amide bonds. The lowest BCUT2D eigenvalue weighted by Crippen LogP contribution is -2.06. The molecule has 2 aliphatic rings. The lowest BCUT2D eigenvalue weighted by atomic mass is 9.94. The topological polar surface area (TPSA) is 0 Å². The van der Waals surface area contributed by atoms with Gasteiger partial charge in [-0.05, 0) is 62.5 Å². The molecule has 15 heavy (non-hydrogen) atoms. The second-order valence-corrected chi connectivity index (χ2v) is 7.19. The summed E-state index contributed by atoms with van der Waals surface area (Å²) >= 11 is 8.51. The van der Waals surface area contributed by atoms with E-state index in [0.29, 0.717) is 0 Å². The van der Waals surface area contributed by atoms with Gasteiger partial charge in [0.1, 0.15) is 0 Å². The van der Waals surface area contributed by atoms with Crippen LogP contribution in [0.2, 0.25) is 0 Å². The van der Waals surface area contributed by atoms with Crippen LogP contribution >= 0.6 is 22.9 Å². The molecular weight excluding hydrogens is 224 g/mol. The zero-order valence-corrected chi connectivity index (χ0v) is 10.9. The van der Waals surface area contributed by atoms with Gasteiger partial charge >= 0.3 is 0 Å². The van der Waals surface area contributed by atoms with E-state index in [0.717, 1.165) is 17.8 Å². The average Bonchev–Trinajstić information content (AvgIpc) is 2.65. The third-order valence-electron chi connectivity index (χ3n) is 4.07. The maximum atomic E-state index is 6.62. The average molecular weight is 241 g/mol. The molecule has 0 aliphatic heterocycles. The Labute approximate surface area is 101 Å². The first-order valence-electron chi connectivity index (χ1n) is 5.86. The molecule has 0 saturated heterocycles. The molecule has 0 bridgehead atoms. The van der Waals surface area contributed by atoms with Crippen LogP contribution in [0.25, 0.3) is 0 Å². The second kappa shape index (κ2) is 3.49. The lowest BCUT2D eigenvalue weighted by Gasteiger charge is -2.18. The monoisotopic (exact) mass is 240 g/mol. The van der Waals surface area contributed by atoms with Gasteiger partial charge in [0.15, 0.2) is 0 Å². The number of hydrogen-bond acceptors (Lipinski definition) is 1.